The van der Waals surface area contributed by atoms with E-state index in [1.807, 2.05) is 0 Å². The Morgan fingerprint density at radius 2 is 1.96 bits per heavy atom. The van der Waals surface area contributed by atoms with Crippen LogP contribution in [0.3, 0.4) is 0 Å². The van der Waals surface area contributed by atoms with Gasteiger partial charge in [-0.1, -0.05) is 0 Å². The van der Waals surface area contributed by atoms with Gasteiger partial charge in [0.25, 0.3) is 5.91 Å². The van der Waals surface area contributed by atoms with Gasteiger partial charge in [-0.05, 0) is 31.0 Å². The average Bonchev–Trinajstić information content (AvgIpc) is 3.38. The van der Waals surface area contributed by atoms with E-state index in [2.05, 4.69) is 5.32 Å². The van der Waals surface area contributed by atoms with E-state index in [-0.39, 0.29) is 30.6 Å². The third-order valence-corrected chi connectivity index (χ3v) is 3.38. The number of halogens is 3. The van der Waals surface area contributed by atoms with Gasteiger partial charge >= 0.3 is 12.1 Å². The Labute approximate surface area is 142 Å². The van der Waals surface area contributed by atoms with Crippen molar-refractivity contribution in [2.75, 3.05) is 32.2 Å². The van der Waals surface area contributed by atoms with Crippen LogP contribution in [-0.4, -0.2) is 38.8 Å². The van der Waals surface area contributed by atoms with Gasteiger partial charge in [0.2, 0.25) is 0 Å². The molecular weight excluding hydrogens is 343 g/mol. The standard InChI is InChI=1S/C16H18F3NO5/c1-23-6-7-24-13-5-4-11(16(17,18)19)8-12(13)20-14(21)9-25-15(22)10-2-3-10/h4-5,8,10H,2-3,6-7,9H2,1H3,(H,20,21). The number of anilines is 1. The highest BCUT2D eigenvalue weighted by atomic mass is 19.4. The molecule has 0 aromatic heterocycles. The first kappa shape index (κ1) is 19.0. The van der Waals surface area contributed by atoms with E-state index < -0.39 is 30.2 Å². The maximum Gasteiger partial charge on any atom is 0.416 e. The molecule has 1 saturated carbocycles. The van der Waals surface area contributed by atoms with Gasteiger partial charge in [-0.25, -0.2) is 0 Å². The minimum Gasteiger partial charge on any atom is -0.489 e. The fourth-order valence-corrected chi connectivity index (χ4v) is 1.92. The summed E-state index contributed by atoms with van der Waals surface area (Å²) in [5.74, 6) is -1.33. The van der Waals surface area contributed by atoms with Gasteiger partial charge in [0.05, 0.1) is 23.8 Å². The molecule has 138 valence electrons. The van der Waals surface area contributed by atoms with E-state index >= 15 is 0 Å². The van der Waals surface area contributed by atoms with Crippen molar-refractivity contribution < 1.29 is 37.0 Å². The predicted molar refractivity (Wildman–Crippen MR) is 81.1 cm³/mol. The molecule has 6 nitrogen and oxygen atoms in total. The second-order valence-corrected chi connectivity index (χ2v) is 5.48. The molecule has 0 atom stereocenters. The van der Waals surface area contributed by atoms with Gasteiger partial charge in [0.1, 0.15) is 12.4 Å². The molecule has 0 unspecified atom stereocenters. The summed E-state index contributed by atoms with van der Waals surface area (Å²) < 4.78 is 53.5. The topological polar surface area (TPSA) is 73.9 Å². The Morgan fingerprint density at radius 1 is 1.24 bits per heavy atom. The fourth-order valence-electron chi connectivity index (χ4n) is 1.92. The van der Waals surface area contributed by atoms with Gasteiger partial charge < -0.3 is 19.5 Å². The zero-order valence-electron chi connectivity index (χ0n) is 13.5. The molecule has 1 aliphatic carbocycles. The normalized spacial score (nSPS) is 14.1. The zero-order chi connectivity index (χ0) is 18.4. The first-order valence-electron chi connectivity index (χ1n) is 7.60. The summed E-state index contributed by atoms with van der Waals surface area (Å²) in [7, 11) is 1.45. The van der Waals surface area contributed by atoms with Crippen LogP contribution in [0.5, 0.6) is 5.75 Å². The molecule has 0 aliphatic heterocycles. The summed E-state index contributed by atoms with van der Waals surface area (Å²) in [6, 6.07) is 2.73. The number of hydrogen-bond donors (Lipinski definition) is 1. The van der Waals surface area contributed by atoms with Crippen molar-refractivity contribution in [1.29, 1.82) is 0 Å². The van der Waals surface area contributed by atoms with Gasteiger partial charge in [-0.2, -0.15) is 13.2 Å². The smallest absolute Gasteiger partial charge is 0.416 e. The molecule has 1 aromatic carbocycles. The van der Waals surface area contributed by atoms with E-state index in [1.165, 1.54) is 7.11 Å². The van der Waals surface area contributed by atoms with Gasteiger partial charge in [-0.15, -0.1) is 0 Å². The van der Waals surface area contributed by atoms with Crippen LogP contribution >= 0.6 is 0 Å². The lowest BCUT2D eigenvalue weighted by molar-refractivity contribution is -0.148. The summed E-state index contributed by atoms with van der Waals surface area (Å²) in [5.41, 5.74) is -1.09. The Balaban J connectivity index is 2.05. The van der Waals surface area contributed by atoms with Crippen LogP contribution in [0, 0.1) is 5.92 Å². The maximum absolute atomic E-state index is 12.9. The number of rotatable bonds is 8. The van der Waals surface area contributed by atoms with E-state index in [0.717, 1.165) is 31.0 Å². The summed E-state index contributed by atoms with van der Waals surface area (Å²) in [6.45, 7) is -0.238. The molecule has 1 aromatic rings. The van der Waals surface area contributed by atoms with E-state index in [9.17, 15) is 22.8 Å². The predicted octanol–water partition coefficient (Wildman–Crippen LogP) is 2.62. The van der Waals surface area contributed by atoms with Crippen LogP contribution in [0.1, 0.15) is 18.4 Å². The lowest BCUT2D eigenvalue weighted by atomic mass is 10.1. The fraction of sp³-hybridized carbons (Fsp3) is 0.500. The molecule has 0 radical (unpaired) electrons. The molecule has 0 saturated heterocycles. The van der Waals surface area contributed by atoms with Gasteiger partial charge in [0, 0.05) is 7.11 Å². The quantitative estimate of drug-likeness (QED) is 0.569. The molecule has 9 heteroatoms. The molecule has 0 heterocycles. The molecule has 0 bridgehead atoms. The zero-order valence-corrected chi connectivity index (χ0v) is 13.5. The van der Waals surface area contributed by atoms with Gasteiger partial charge in [0.15, 0.2) is 6.61 Å². The van der Waals surface area contributed by atoms with Crippen LogP contribution in [-0.2, 0) is 25.2 Å². The van der Waals surface area contributed by atoms with Crippen LogP contribution in [0.25, 0.3) is 0 Å². The average molecular weight is 361 g/mol. The number of alkyl halides is 3. The third-order valence-electron chi connectivity index (χ3n) is 3.38. The third kappa shape index (κ3) is 5.93. The summed E-state index contributed by atoms with van der Waals surface area (Å²) >= 11 is 0. The van der Waals surface area contributed by atoms with E-state index in [1.54, 1.807) is 0 Å². The SMILES string of the molecule is COCCOc1ccc(C(F)(F)F)cc1NC(=O)COC(=O)C1CC1. The van der Waals surface area contributed by atoms with Crippen molar-refractivity contribution in [1.82, 2.24) is 0 Å². The highest BCUT2D eigenvalue weighted by molar-refractivity contribution is 5.94. The summed E-state index contributed by atoms with van der Waals surface area (Å²) in [6.07, 6.45) is -3.11. The summed E-state index contributed by atoms with van der Waals surface area (Å²) in [5, 5.41) is 2.28. The number of esters is 1. The number of carbonyl (C=O) groups excluding carboxylic acids is 2. The lowest BCUT2D eigenvalue weighted by Crippen LogP contribution is -2.22. The minimum atomic E-state index is -4.57. The number of nitrogens with one attached hydrogen (secondary N) is 1. The van der Waals surface area contributed by atoms with Gasteiger partial charge in [-0.3, -0.25) is 9.59 Å². The Bertz CT molecular complexity index is 629. The number of ether oxygens (including phenoxy) is 3. The van der Waals surface area contributed by atoms with Crippen LogP contribution in [0.4, 0.5) is 18.9 Å². The largest absolute Gasteiger partial charge is 0.489 e. The molecule has 0 spiro atoms. The molecular formula is C16H18F3NO5. The molecule has 1 amide bonds. The Hall–Kier alpha value is -2.29. The van der Waals surface area contributed by atoms with Crippen LogP contribution in [0.15, 0.2) is 18.2 Å². The van der Waals surface area contributed by atoms with Crippen molar-refractivity contribution in [2.45, 2.75) is 19.0 Å². The van der Waals surface area contributed by atoms with E-state index in [0.29, 0.717) is 0 Å². The molecule has 25 heavy (non-hydrogen) atoms. The first-order valence-corrected chi connectivity index (χ1v) is 7.60. The number of methoxy groups -OCH3 is 1. The molecule has 1 aliphatic rings. The minimum absolute atomic E-state index is 0.0620. The summed E-state index contributed by atoms with van der Waals surface area (Å²) in [4.78, 5) is 23.3. The highest BCUT2D eigenvalue weighted by Crippen LogP contribution is 2.35. The number of benzene rings is 1. The molecule has 2 rings (SSSR count). The second kappa shape index (κ2) is 8.19. The second-order valence-electron chi connectivity index (χ2n) is 5.48. The van der Waals surface area contributed by atoms with Crippen molar-refractivity contribution in [3.05, 3.63) is 23.8 Å². The van der Waals surface area contributed by atoms with Crippen LogP contribution < -0.4 is 10.1 Å². The molecule has 1 N–H and O–H groups in total. The van der Waals surface area contributed by atoms with Crippen molar-refractivity contribution in [3.8, 4) is 5.75 Å². The number of amides is 1. The number of hydrogen-bond acceptors (Lipinski definition) is 5. The first-order chi connectivity index (χ1) is 11.8. The lowest BCUT2D eigenvalue weighted by Gasteiger charge is -2.15. The van der Waals surface area contributed by atoms with Crippen molar-refractivity contribution in [2.24, 2.45) is 5.92 Å². The molecule has 1 fully saturated rings. The Morgan fingerprint density at radius 3 is 2.56 bits per heavy atom. The van der Waals surface area contributed by atoms with Crippen molar-refractivity contribution in [3.63, 3.8) is 0 Å². The highest BCUT2D eigenvalue weighted by Gasteiger charge is 2.32. The van der Waals surface area contributed by atoms with Crippen LogP contribution in [0.2, 0.25) is 0 Å². The maximum atomic E-state index is 12.9. The number of carbonyl (C=O) groups is 2. The Kier molecular flexibility index (Phi) is 6.24. The van der Waals surface area contributed by atoms with Crippen molar-refractivity contribution >= 4 is 17.6 Å². The van der Waals surface area contributed by atoms with E-state index in [4.69, 9.17) is 14.2 Å². The monoisotopic (exact) mass is 361 g/mol.